The Balaban J connectivity index is 1.58. The van der Waals surface area contributed by atoms with E-state index in [1.165, 1.54) is 29.5 Å². The van der Waals surface area contributed by atoms with Crippen molar-refractivity contribution in [1.82, 2.24) is 4.90 Å². The second-order valence-corrected chi connectivity index (χ2v) is 6.96. The molecule has 1 aliphatic carbocycles. The molecule has 1 saturated carbocycles. The van der Waals surface area contributed by atoms with E-state index in [1.54, 1.807) is 23.5 Å². The first-order valence-electron chi connectivity index (χ1n) is 6.91. The second-order valence-electron chi connectivity index (χ2n) is 5.13. The average molecular weight is 321 g/mol. The van der Waals surface area contributed by atoms with Crippen molar-refractivity contribution in [3.8, 4) is 0 Å². The lowest BCUT2D eigenvalue weighted by Gasteiger charge is -2.21. The summed E-state index contributed by atoms with van der Waals surface area (Å²) in [6.45, 7) is 0.705. The molecule has 3 rings (SSSR count). The van der Waals surface area contributed by atoms with Crippen LogP contribution < -0.4 is 0 Å². The number of thiophene rings is 1. The fourth-order valence-corrected chi connectivity index (χ4v) is 3.59. The van der Waals surface area contributed by atoms with Gasteiger partial charge in [-0.15, -0.1) is 11.8 Å². The lowest BCUT2D eigenvalue weighted by atomic mass is 10.3. The van der Waals surface area contributed by atoms with Crippen molar-refractivity contribution in [3.63, 3.8) is 0 Å². The average Bonchev–Trinajstić information content (AvgIpc) is 3.20. The Morgan fingerprint density at radius 3 is 2.67 bits per heavy atom. The van der Waals surface area contributed by atoms with Gasteiger partial charge >= 0.3 is 0 Å². The Kier molecular flexibility index (Phi) is 4.60. The minimum atomic E-state index is -0.247. The van der Waals surface area contributed by atoms with Gasteiger partial charge in [-0.2, -0.15) is 11.3 Å². The second kappa shape index (κ2) is 6.62. The molecule has 21 heavy (non-hydrogen) atoms. The van der Waals surface area contributed by atoms with Crippen molar-refractivity contribution in [2.24, 2.45) is 0 Å². The summed E-state index contributed by atoms with van der Waals surface area (Å²) in [7, 11) is 0. The number of carbonyl (C=O) groups excluding carboxylic acids is 1. The standard InChI is InChI=1S/C16H16FNOS2/c17-13-1-5-15(6-2-13)21-11-16(19)18(14-3-4-14)9-12-7-8-20-10-12/h1-2,5-8,10,14H,3-4,9,11H2. The third kappa shape index (κ3) is 4.08. The van der Waals surface area contributed by atoms with E-state index in [1.807, 2.05) is 10.3 Å². The zero-order valence-electron chi connectivity index (χ0n) is 11.5. The molecular weight excluding hydrogens is 305 g/mol. The lowest BCUT2D eigenvalue weighted by molar-refractivity contribution is -0.129. The van der Waals surface area contributed by atoms with Gasteiger partial charge in [0, 0.05) is 17.5 Å². The van der Waals surface area contributed by atoms with Gasteiger partial charge in [0.2, 0.25) is 5.91 Å². The van der Waals surface area contributed by atoms with E-state index in [0.29, 0.717) is 18.3 Å². The molecule has 2 nitrogen and oxygen atoms in total. The summed E-state index contributed by atoms with van der Waals surface area (Å²) in [5, 5.41) is 4.13. The van der Waals surface area contributed by atoms with Gasteiger partial charge in [-0.25, -0.2) is 4.39 Å². The molecule has 1 heterocycles. The van der Waals surface area contributed by atoms with Crippen LogP contribution in [0.4, 0.5) is 4.39 Å². The molecule has 2 aromatic rings. The summed E-state index contributed by atoms with van der Waals surface area (Å²) in [5.41, 5.74) is 1.20. The van der Waals surface area contributed by atoms with E-state index < -0.39 is 0 Å². The lowest BCUT2D eigenvalue weighted by Crippen LogP contribution is -2.33. The predicted molar refractivity (Wildman–Crippen MR) is 85.0 cm³/mol. The number of hydrogen-bond donors (Lipinski definition) is 0. The van der Waals surface area contributed by atoms with Gasteiger partial charge in [-0.1, -0.05) is 0 Å². The third-order valence-corrected chi connectivity index (χ3v) is 5.15. The largest absolute Gasteiger partial charge is 0.335 e. The van der Waals surface area contributed by atoms with Crippen LogP contribution in [0, 0.1) is 5.82 Å². The van der Waals surface area contributed by atoms with Gasteiger partial charge in [-0.3, -0.25) is 4.79 Å². The quantitative estimate of drug-likeness (QED) is 0.744. The van der Waals surface area contributed by atoms with Crippen LogP contribution in [0.25, 0.3) is 0 Å². The zero-order chi connectivity index (χ0) is 14.7. The fourth-order valence-electron chi connectivity index (χ4n) is 2.15. The normalized spacial score (nSPS) is 14.1. The van der Waals surface area contributed by atoms with Crippen molar-refractivity contribution in [2.75, 3.05) is 5.75 Å². The van der Waals surface area contributed by atoms with Crippen molar-refractivity contribution < 1.29 is 9.18 Å². The fraction of sp³-hybridized carbons (Fsp3) is 0.312. The molecule has 0 saturated heterocycles. The Hall–Kier alpha value is -1.33. The Morgan fingerprint density at radius 2 is 2.05 bits per heavy atom. The smallest absolute Gasteiger partial charge is 0.233 e. The van der Waals surface area contributed by atoms with Gasteiger partial charge in [0.05, 0.1) is 5.75 Å². The highest BCUT2D eigenvalue weighted by Gasteiger charge is 2.32. The van der Waals surface area contributed by atoms with Gasteiger partial charge < -0.3 is 4.90 Å². The summed E-state index contributed by atoms with van der Waals surface area (Å²) in [6.07, 6.45) is 2.22. The number of hydrogen-bond acceptors (Lipinski definition) is 3. The molecule has 0 N–H and O–H groups in total. The van der Waals surface area contributed by atoms with Crippen molar-refractivity contribution in [1.29, 1.82) is 0 Å². The molecule has 1 fully saturated rings. The van der Waals surface area contributed by atoms with Crippen LogP contribution in [-0.2, 0) is 11.3 Å². The van der Waals surface area contributed by atoms with Gasteiger partial charge in [0.1, 0.15) is 5.82 Å². The number of nitrogens with zero attached hydrogens (tertiary/aromatic N) is 1. The highest BCUT2D eigenvalue weighted by atomic mass is 32.2. The maximum Gasteiger partial charge on any atom is 0.233 e. The van der Waals surface area contributed by atoms with Crippen LogP contribution in [0.1, 0.15) is 18.4 Å². The number of thioether (sulfide) groups is 1. The van der Waals surface area contributed by atoms with Crippen molar-refractivity contribution >= 4 is 29.0 Å². The summed E-state index contributed by atoms with van der Waals surface area (Å²) in [6, 6.07) is 8.77. The molecule has 110 valence electrons. The van der Waals surface area contributed by atoms with Crippen LogP contribution in [-0.4, -0.2) is 22.6 Å². The Bertz CT molecular complexity index is 593. The highest BCUT2D eigenvalue weighted by Crippen LogP contribution is 2.30. The van der Waals surface area contributed by atoms with Crippen molar-refractivity contribution in [3.05, 3.63) is 52.5 Å². The minimum Gasteiger partial charge on any atom is -0.335 e. The molecule has 0 atom stereocenters. The molecule has 0 bridgehead atoms. The van der Waals surface area contributed by atoms with E-state index in [9.17, 15) is 9.18 Å². The number of amides is 1. The first kappa shape index (κ1) is 14.6. The minimum absolute atomic E-state index is 0.165. The molecule has 1 aliphatic rings. The molecule has 1 aromatic carbocycles. The Labute approximate surface area is 132 Å². The maximum absolute atomic E-state index is 12.9. The van der Waals surface area contributed by atoms with Gasteiger partial charge in [-0.05, 0) is 59.5 Å². The number of benzene rings is 1. The summed E-state index contributed by atoms with van der Waals surface area (Å²) >= 11 is 3.13. The molecule has 5 heteroatoms. The predicted octanol–water partition coefficient (Wildman–Crippen LogP) is 4.17. The molecule has 0 aliphatic heterocycles. The molecular formula is C16H16FNOS2. The van der Waals surface area contributed by atoms with E-state index in [4.69, 9.17) is 0 Å². The van der Waals surface area contributed by atoms with Crippen LogP contribution in [0.3, 0.4) is 0 Å². The van der Waals surface area contributed by atoms with E-state index in [-0.39, 0.29) is 11.7 Å². The molecule has 1 aromatic heterocycles. The molecule has 0 spiro atoms. The van der Waals surface area contributed by atoms with Crippen LogP contribution in [0.15, 0.2) is 46.0 Å². The van der Waals surface area contributed by atoms with Crippen LogP contribution >= 0.6 is 23.1 Å². The number of rotatable bonds is 6. The number of carbonyl (C=O) groups is 1. The van der Waals surface area contributed by atoms with Crippen LogP contribution in [0.2, 0.25) is 0 Å². The van der Waals surface area contributed by atoms with Gasteiger partial charge in [0.25, 0.3) is 0 Å². The van der Waals surface area contributed by atoms with E-state index in [0.717, 1.165) is 17.7 Å². The van der Waals surface area contributed by atoms with E-state index in [2.05, 4.69) is 11.4 Å². The van der Waals surface area contributed by atoms with Crippen molar-refractivity contribution in [2.45, 2.75) is 30.3 Å². The molecule has 0 radical (unpaired) electrons. The zero-order valence-corrected chi connectivity index (χ0v) is 13.1. The summed E-state index contributed by atoms with van der Waals surface area (Å²) < 4.78 is 12.9. The monoisotopic (exact) mass is 321 g/mol. The number of halogens is 1. The van der Waals surface area contributed by atoms with E-state index >= 15 is 0 Å². The van der Waals surface area contributed by atoms with Gasteiger partial charge in [0.15, 0.2) is 0 Å². The highest BCUT2D eigenvalue weighted by molar-refractivity contribution is 8.00. The SMILES string of the molecule is O=C(CSc1ccc(F)cc1)N(Cc1ccsc1)C1CC1. The molecule has 0 unspecified atom stereocenters. The Morgan fingerprint density at radius 1 is 1.29 bits per heavy atom. The summed E-state index contributed by atoms with van der Waals surface area (Å²) in [4.78, 5) is 15.3. The summed E-state index contributed by atoms with van der Waals surface area (Å²) in [5.74, 6) is 0.326. The topological polar surface area (TPSA) is 20.3 Å². The van der Waals surface area contributed by atoms with Crippen LogP contribution in [0.5, 0.6) is 0 Å². The first-order chi connectivity index (χ1) is 10.2. The third-order valence-electron chi connectivity index (χ3n) is 3.42. The first-order valence-corrected chi connectivity index (χ1v) is 8.84. The maximum atomic E-state index is 12.9. The molecule has 1 amide bonds.